The second-order valence-corrected chi connectivity index (χ2v) is 8.82. The van der Waals surface area contributed by atoms with Crippen LogP contribution in [0.1, 0.15) is 49.6 Å². The van der Waals surface area contributed by atoms with Crippen LogP contribution in [0.2, 0.25) is 0 Å². The lowest BCUT2D eigenvalue weighted by Gasteiger charge is -2.35. The average molecular weight is 357 g/mol. The molecule has 3 heterocycles. The molecule has 0 bridgehead atoms. The number of piperidine rings is 1. The van der Waals surface area contributed by atoms with Gasteiger partial charge in [-0.2, -0.15) is 0 Å². The molecule has 2 aliphatic rings. The van der Waals surface area contributed by atoms with Gasteiger partial charge in [0.15, 0.2) is 0 Å². The highest BCUT2D eigenvalue weighted by molar-refractivity contribution is 7.10. The molecule has 25 heavy (non-hydrogen) atoms. The largest absolute Gasteiger partial charge is 0.341 e. The van der Waals surface area contributed by atoms with E-state index in [-0.39, 0.29) is 28.2 Å². The van der Waals surface area contributed by atoms with Crippen LogP contribution >= 0.6 is 11.3 Å². The Morgan fingerprint density at radius 2 is 2.24 bits per heavy atom. The number of nitrogens with zero attached hydrogens (tertiary/aromatic N) is 2. The number of likely N-dealkylation sites (tertiary alicyclic amines) is 1. The second kappa shape index (κ2) is 5.80. The van der Waals surface area contributed by atoms with Gasteiger partial charge in [-0.15, -0.1) is 11.3 Å². The predicted molar refractivity (Wildman–Crippen MR) is 97.8 cm³/mol. The van der Waals surface area contributed by atoms with Gasteiger partial charge in [0.25, 0.3) is 5.56 Å². The fourth-order valence-corrected chi connectivity index (χ4v) is 5.41. The molecule has 1 saturated heterocycles. The number of rotatable bonds is 3. The average Bonchev–Trinajstić information content (AvgIpc) is 2.97. The Hall–Kier alpha value is -1.95. The van der Waals surface area contributed by atoms with Crippen molar-refractivity contribution in [2.75, 3.05) is 13.1 Å². The van der Waals surface area contributed by atoms with E-state index < -0.39 is 0 Å². The predicted octanol–water partition coefficient (Wildman–Crippen LogP) is 2.91. The first-order chi connectivity index (χ1) is 11.9. The van der Waals surface area contributed by atoms with Crippen molar-refractivity contribution >= 4 is 17.2 Å². The Morgan fingerprint density at radius 1 is 1.44 bits per heavy atom. The molecule has 1 aliphatic carbocycles. The van der Waals surface area contributed by atoms with Crippen molar-refractivity contribution in [3.8, 4) is 0 Å². The Kier molecular flexibility index (Phi) is 3.83. The monoisotopic (exact) mass is 357 g/mol. The van der Waals surface area contributed by atoms with Crippen LogP contribution in [0.15, 0.2) is 34.7 Å². The zero-order valence-electron chi connectivity index (χ0n) is 14.6. The zero-order chi connectivity index (χ0) is 17.7. The van der Waals surface area contributed by atoms with E-state index in [1.54, 1.807) is 17.4 Å². The molecule has 1 saturated carbocycles. The summed E-state index contributed by atoms with van der Waals surface area (Å²) < 4.78 is 0. The standard InChI is InChI=1S/C19H23N3O2S/c1-18(2)11-19(18,15-6-4-8-25-15)17(24)22-7-3-5-13(10-22)14-9-16(23)21-12-20-14/h4,6,8-9,12-13H,3,5,7,10-11H2,1-2H3,(H,20,21,23)/t13-,19-/m1/s1. The van der Waals surface area contributed by atoms with Gasteiger partial charge >= 0.3 is 0 Å². The number of H-pyrrole nitrogens is 1. The fourth-order valence-electron chi connectivity index (χ4n) is 4.31. The molecule has 2 atom stereocenters. The van der Waals surface area contributed by atoms with Crippen molar-refractivity contribution in [3.63, 3.8) is 0 Å². The van der Waals surface area contributed by atoms with E-state index in [0.29, 0.717) is 6.54 Å². The Bertz CT molecular complexity index is 842. The number of carbonyl (C=O) groups excluding carboxylic acids is 1. The summed E-state index contributed by atoms with van der Waals surface area (Å²) in [5.41, 5.74) is 0.294. The maximum atomic E-state index is 13.5. The maximum absolute atomic E-state index is 13.5. The number of thiophene rings is 1. The molecule has 1 aliphatic heterocycles. The van der Waals surface area contributed by atoms with E-state index in [1.807, 2.05) is 11.0 Å². The number of carbonyl (C=O) groups is 1. The summed E-state index contributed by atoms with van der Waals surface area (Å²) in [7, 11) is 0. The van der Waals surface area contributed by atoms with Crippen LogP contribution in [0.3, 0.4) is 0 Å². The number of hydrogen-bond donors (Lipinski definition) is 1. The Morgan fingerprint density at radius 3 is 2.88 bits per heavy atom. The molecule has 1 N–H and O–H groups in total. The third kappa shape index (κ3) is 2.63. The van der Waals surface area contributed by atoms with Gasteiger partial charge in [0, 0.05) is 30.0 Å². The zero-order valence-corrected chi connectivity index (χ0v) is 15.4. The normalized spacial score (nSPS) is 27.9. The molecule has 2 aromatic heterocycles. The van der Waals surface area contributed by atoms with Gasteiger partial charge in [-0.1, -0.05) is 19.9 Å². The molecular weight excluding hydrogens is 334 g/mol. The Labute approximate surface area is 151 Å². The van der Waals surface area contributed by atoms with Crippen LogP contribution in [0.4, 0.5) is 0 Å². The van der Waals surface area contributed by atoms with Gasteiger partial charge in [0.1, 0.15) is 0 Å². The van der Waals surface area contributed by atoms with Crippen molar-refractivity contribution < 1.29 is 4.79 Å². The van der Waals surface area contributed by atoms with Crippen LogP contribution in [-0.2, 0) is 10.2 Å². The molecule has 4 rings (SSSR count). The third-order valence-electron chi connectivity index (χ3n) is 5.87. The molecule has 1 amide bonds. The van der Waals surface area contributed by atoms with Gasteiger partial charge in [0.05, 0.1) is 17.4 Å². The molecule has 0 radical (unpaired) electrons. The summed E-state index contributed by atoms with van der Waals surface area (Å²) in [5, 5.41) is 2.05. The summed E-state index contributed by atoms with van der Waals surface area (Å²) in [6.07, 6.45) is 4.28. The van der Waals surface area contributed by atoms with Crippen molar-refractivity contribution in [2.24, 2.45) is 5.41 Å². The quantitative estimate of drug-likeness (QED) is 0.918. The van der Waals surface area contributed by atoms with Crippen LogP contribution in [0.25, 0.3) is 0 Å². The second-order valence-electron chi connectivity index (χ2n) is 7.87. The van der Waals surface area contributed by atoms with E-state index in [0.717, 1.165) is 31.5 Å². The first-order valence-electron chi connectivity index (χ1n) is 8.82. The number of aromatic amines is 1. The molecular formula is C19H23N3O2S. The topological polar surface area (TPSA) is 66.1 Å². The van der Waals surface area contributed by atoms with Gasteiger partial charge in [-0.3, -0.25) is 9.59 Å². The first-order valence-corrected chi connectivity index (χ1v) is 9.70. The van der Waals surface area contributed by atoms with Crippen molar-refractivity contribution in [1.29, 1.82) is 0 Å². The molecule has 5 nitrogen and oxygen atoms in total. The van der Waals surface area contributed by atoms with Crippen LogP contribution < -0.4 is 5.56 Å². The lowest BCUT2D eigenvalue weighted by atomic mass is 9.89. The summed E-state index contributed by atoms with van der Waals surface area (Å²) in [4.78, 5) is 35.1. The summed E-state index contributed by atoms with van der Waals surface area (Å²) in [6, 6.07) is 5.69. The highest BCUT2D eigenvalue weighted by Gasteiger charge is 2.68. The Balaban J connectivity index is 1.59. The van der Waals surface area contributed by atoms with E-state index in [2.05, 4.69) is 35.3 Å². The number of amides is 1. The number of aromatic nitrogens is 2. The summed E-state index contributed by atoms with van der Waals surface area (Å²) in [6.45, 7) is 5.81. The van der Waals surface area contributed by atoms with Crippen LogP contribution in [0, 0.1) is 5.41 Å². The van der Waals surface area contributed by atoms with Gasteiger partial charge in [-0.05, 0) is 36.1 Å². The fraction of sp³-hybridized carbons (Fsp3) is 0.526. The highest BCUT2D eigenvalue weighted by atomic mass is 32.1. The summed E-state index contributed by atoms with van der Waals surface area (Å²) >= 11 is 1.68. The smallest absolute Gasteiger partial charge is 0.250 e. The minimum absolute atomic E-state index is 0.00399. The van der Waals surface area contributed by atoms with Crippen LogP contribution in [-0.4, -0.2) is 33.9 Å². The van der Waals surface area contributed by atoms with E-state index in [9.17, 15) is 9.59 Å². The lowest BCUT2D eigenvalue weighted by Crippen LogP contribution is -2.46. The van der Waals surface area contributed by atoms with Crippen molar-refractivity contribution in [3.05, 3.63) is 50.8 Å². The van der Waals surface area contributed by atoms with Crippen molar-refractivity contribution in [1.82, 2.24) is 14.9 Å². The van der Waals surface area contributed by atoms with E-state index in [4.69, 9.17) is 0 Å². The SMILES string of the molecule is CC1(C)C[C@]1(C(=O)N1CCC[C@@H](c2cc(=O)[nH]cn2)C1)c1cccs1. The van der Waals surface area contributed by atoms with Crippen LogP contribution in [0.5, 0.6) is 0 Å². The molecule has 132 valence electrons. The van der Waals surface area contributed by atoms with E-state index >= 15 is 0 Å². The molecule has 0 unspecified atom stereocenters. The van der Waals surface area contributed by atoms with Crippen molar-refractivity contribution in [2.45, 2.75) is 44.4 Å². The molecule has 2 fully saturated rings. The third-order valence-corrected chi connectivity index (χ3v) is 6.90. The molecule has 0 spiro atoms. The molecule has 2 aromatic rings. The van der Waals surface area contributed by atoms with Gasteiger partial charge in [0.2, 0.25) is 5.91 Å². The number of nitrogens with one attached hydrogen (secondary N) is 1. The molecule has 0 aromatic carbocycles. The van der Waals surface area contributed by atoms with Gasteiger partial charge in [-0.25, -0.2) is 4.98 Å². The minimum atomic E-state index is -0.370. The summed E-state index contributed by atoms with van der Waals surface area (Å²) in [5.74, 6) is 0.386. The lowest BCUT2D eigenvalue weighted by molar-refractivity contribution is -0.136. The van der Waals surface area contributed by atoms with Gasteiger partial charge < -0.3 is 9.88 Å². The molecule has 6 heteroatoms. The first kappa shape index (κ1) is 16.5. The highest BCUT2D eigenvalue weighted by Crippen LogP contribution is 2.66. The maximum Gasteiger partial charge on any atom is 0.250 e. The van der Waals surface area contributed by atoms with E-state index in [1.165, 1.54) is 11.2 Å². The number of hydrogen-bond acceptors (Lipinski definition) is 4. The minimum Gasteiger partial charge on any atom is -0.341 e.